The third-order valence-electron chi connectivity index (χ3n) is 1.87. The summed E-state index contributed by atoms with van der Waals surface area (Å²) in [5.41, 5.74) is 0. The molecule has 1 aliphatic carbocycles. The maximum absolute atomic E-state index is 11.6. The first-order valence-corrected chi connectivity index (χ1v) is 4.54. The third kappa shape index (κ3) is 5.06. The number of rotatable bonds is 5. The largest absolute Gasteiger partial charge is 0.401 e. The van der Waals surface area contributed by atoms with Crippen LogP contribution in [0.3, 0.4) is 0 Å². The molecular weight excluding hydrogens is 197 g/mol. The molecule has 0 radical (unpaired) electrons. The highest BCUT2D eigenvalue weighted by molar-refractivity contribution is 5.80. The van der Waals surface area contributed by atoms with Gasteiger partial charge < -0.3 is 10.6 Å². The number of halogens is 3. The molecular formula is C8H13F3N2O. The van der Waals surface area contributed by atoms with Gasteiger partial charge in [0.2, 0.25) is 5.91 Å². The van der Waals surface area contributed by atoms with Crippen molar-refractivity contribution in [2.24, 2.45) is 5.92 Å². The number of carbonyl (C=O) groups excluding carboxylic acids is 1. The summed E-state index contributed by atoms with van der Waals surface area (Å²) >= 11 is 0. The van der Waals surface area contributed by atoms with Crippen LogP contribution < -0.4 is 10.6 Å². The van der Waals surface area contributed by atoms with Crippen LogP contribution in [0.4, 0.5) is 13.2 Å². The lowest BCUT2D eigenvalue weighted by molar-refractivity contribution is -0.124. The Labute approximate surface area is 80.0 Å². The van der Waals surface area contributed by atoms with E-state index in [-0.39, 0.29) is 24.9 Å². The van der Waals surface area contributed by atoms with E-state index in [0.29, 0.717) is 0 Å². The monoisotopic (exact) mass is 210 g/mol. The van der Waals surface area contributed by atoms with E-state index in [2.05, 4.69) is 10.6 Å². The van der Waals surface area contributed by atoms with Crippen molar-refractivity contribution in [2.75, 3.05) is 19.6 Å². The van der Waals surface area contributed by atoms with Crippen LogP contribution in [0.1, 0.15) is 12.8 Å². The van der Waals surface area contributed by atoms with Crippen LogP contribution in [0.25, 0.3) is 0 Å². The minimum absolute atomic E-state index is 0.0428. The lowest BCUT2D eigenvalue weighted by Crippen LogP contribution is -2.36. The van der Waals surface area contributed by atoms with Gasteiger partial charge in [0.25, 0.3) is 0 Å². The Bertz CT molecular complexity index is 201. The molecule has 0 aliphatic heterocycles. The zero-order valence-corrected chi connectivity index (χ0v) is 7.66. The molecule has 0 aromatic heterocycles. The Morgan fingerprint density at radius 1 is 1.29 bits per heavy atom. The van der Waals surface area contributed by atoms with Gasteiger partial charge in [-0.05, 0) is 12.8 Å². The molecule has 0 aromatic carbocycles. The van der Waals surface area contributed by atoms with Crippen molar-refractivity contribution in [1.29, 1.82) is 0 Å². The second kappa shape index (κ2) is 4.63. The van der Waals surface area contributed by atoms with E-state index in [1.165, 1.54) is 0 Å². The smallest absolute Gasteiger partial charge is 0.355 e. The van der Waals surface area contributed by atoms with Crippen molar-refractivity contribution >= 4 is 5.91 Å². The van der Waals surface area contributed by atoms with Gasteiger partial charge in [0.05, 0.1) is 6.54 Å². The average molecular weight is 210 g/mol. The molecule has 82 valence electrons. The topological polar surface area (TPSA) is 41.1 Å². The first kappa shape index (κ1) is 11.3. The summed E-state index contributed by atoms with van der Waals surface area (Å²) < 4.78 is 34.9. The molecule has 6 heteroatoms. The Kier molecular flexibility index (Phi) is 3.74. The zero-order valence-electron chi connectivity index (χ0n) is 7.66. The number of nitrogens with one attached hydrogen (secondary N) is 2. The molecule has 0 aromatic rings. The van der Waals surface area contributed by atoms with Crippen molar-refractivity contribution in [3.63, 3.8) is 0 Å². The predicted molar refractivity (Wildman–Crippen MR) is 44.7 cm³/mol. The van der Waals surface area contributed by atoms with Gasteiger partial charge in [-0.25, -0.2) is 0 Å². The van der Waals surface area contributed by atoms with Gasteiger partial charge >= 0.3 is 6.18 Å². The van der Waals surface area contributed by atoms with Crippen LogP contribution in [0, 0.1) is 5.92 Å². The minimum atomic E-state index is -4.18. The number of amides is 1. The number of alkyl halides is 3. The molecule has 0 unspecified atom stereocenters. The second-order valence-corrected chi connectivity index (χ2v) is 3.36. The van der Waals surface area contributed by atoms with Crippen LogP contribution in [0.15, 0.2) is 0 Å². The van der Waals surface area contributed by atoms with E-state index in [1.54, 1.807) is 0 Å². The normalized spacial score (nSPS) is 16.8. The summed E-state index contributed by atoms with van der Waals surface area (Å²) in [5, 5.41) is 4.76. The van der Waals surface area contributed by atoms with Crippen LogP contribution in [0.2, 0.25) is 0 Å². The molecule has 0 spiro atoms. The SMILES string of the molecule is O=C(NCCNCC(F)(F)F)C1CC1. The average Bonchev–Trinajstić information content (AvgIpc) is 2.83. The molecule has 1 fully saturated rings. The van der Waals surface area contributed by atoms with Crippen LogP contribution in [0.5, 0.6) is 0 Å². The van der Waals surface area contributed by atoms with Gasteiger partial charge in [0, 0.05) is 19.0 Å². The van der Waals surface area contributed by atoms with Crippen molar-refractivity contribution < 1.29 is 18.0 Å². The van der Waals surface area contributed by atoms with E-state index in [0.717, 1.165) is 12.8 Å². The molecule has 2 N–H and O–H groups in total. The zero-order chi connectivity index (χ0) is 10.6. The fourth-order valence-electron chi connectivity index (χ4n) is 0.994. The molecule has 0 atom stereocenters. The van der Waals surface area contributed by atoms with Gasteiger partial charge in [0.1, 0.15) is 0 Å². The van der Waals surface area contributed by atoms with E-state index in [9.17, 15) is 18.0 Å². The van der Waals surface area contributed by atoms with Gasteiger partial charge in [-0.15, -0.1) is 0 Å². The van der Waals surface area contributed by atoms with Crippen LogP contribution in [-0.2, 0) is 4.79 Å². The molecule has 3 nitrogen and oxygen atoms in total. The molecule has 1 saturated carbocycles. The Morgan fingerprint density at radius 3 is 2.43 bits per heavy atom. The lowest BCUT2D eigenvalue weighted by atomic mass is 10.4. The maximum atomic E-state index is 11.6. The van der Waals surface area contributed by atoms with Gasteiger partial charge in [-0.1, -0.05) is 0 Å². The molecule has 1 aliphatic rings. The highest BCUT2D eigenvalue weighted by Gasteiger charge is 2.29. The first-order valence-electron chi connectivity index (χ1n) is 4.54. The minimum Gasteiger partial charge on any atom is -0.355 e. The van der Waals surface area contributed by atoms with Crippen LogP contribution >= 0.6 is 0 Å². The van der Waals surface area contributed by atoms with E-state index < -0.39 is 12.7 Å². The van der Waals surface area contributed by atoms with E-state index in [1.807, 2.05) is 0 Å². The van der Waals surface area contributed by atoms with Gasteiger partial charge in [0.15, 0.2) is 0 Å². The Hall–Kier alpha value is -0.780. The van der Waals surface area contributed by atoms with E-state index >= 15 is 0 Å². The Morgan fingerprint density at radius 2 is 1.93 bits per heavy atom. The van der Waals surface area contributed by atoms with E-state index in [4.69, 9.17) is 0 Å². The fourth-order valence-corrected chi connectivity index (χ4v) is 0.994. The number of hydrogen-bond acceptors (Lipinski definition) is 2. The van der Waals surface area contributed by atoms with Gasteiger partial charge in [-0.2, -0.15) is 13.2 Å². The Balaban J connectivity index is 1.91. The predicted octanol–water partition coefficient (Wildman–Crippen LogP) is 0.664. The molecule has 14 heavy (non-hydrogen) atoms. The summed E-state index contributed by atoms with van der Waals surface area (Å²) in [7, 11) is 0. The summed E-state index contributed by atoms with van der Waals surface area (Å²) in [6, 6.07) is 0. The molecule has 1 amide bonds. The third-order valence-corrected chi connectivity index (χ3v) is 1.87. The quantitative estimate of drug-likeness (QED) is 0.655. The van der Waals surface area contributed by atoms with Crippen molar-refractivity contribution in [3.8, 4) is 0 Å². The highest BCUT2D eigenvalue weighted by Crippen LogP contribution is 2.28. The van der Waals surface area contributed by atoms with Crippen molar-refractivity contribution in [1.82, 2.24) is 10.6 Å². The van der Waals surface area contributed by atoms with Gasteiger partial charge in [-0.3, -0.25) is 4.79 Å². The van der Waals surface area contributed by atoms with Crippen molar-refractivity contribution in [3.05, 3.63) is 0 Å². The summed E-state index contributed by atoms with van der Waals surface area (Å²) in [6.45, 7) is -0.602. The lowest BCUT2D eigenvalue weighted by Gasteiger charge is -2.08. The second-order valence-electron chi connectivity index (χ2n) is 3.36. The fraction of sp³-hybridized carbons (Fsp3) is 0.875. The summed E-state index contributed by atoms with van der Waals surface area (Å²) in [6.07, 6.45) is -2.37. The number of hydrogen-bond donors (Lipinski definition) is 2. The summed E-state index contributed by atoms with van der Waals surface area (Å²) in [4.78, 5) is 11.0. The highest BCUT2D eigenvalue weighted by atomic mass is 19.4. The molecule has 0 saturated heterocycles. The maximum Gasteiger partial charge on any atom is 0.401 e. The standard InChI is InChI=1S/C8H13F3N2O/c9-8(10,11)5-12-3-4-13-7(14)6-1-2-6/h6,12H,1-5H2,(H,13,14). The van der Waals surface area contributed by atoms with Crippen molar-refractivity contribution in [2.45, 2.75) is 19.0 Å². The summed E-state index contributed by atoms with van der Waals surface area (Å²) in [5.74, 6) is 0.0661. The number of carbonyl (C=O) groups is 1. The molecule has 1 rings (SSSR count). The first-order chi connectivity index (χ1) is 6.49. The molecule has 0 bridgehead atoms. The van der Waals surface area contributed by atoms with Crippen LogP contribution in [-0.4, -0.2) is 31.7 Å². The molecule has 0 heterocycles.